The number of piperidine rings is 1. The van der Waals surface area contributed by atoms with Gasteiger partial charge in [-0.25, -0.2) is 4.98 Å². The van der Waals surface area contributed by atoms with Gasteiger partial charge in [-0.15, -0.1) is 0 Å². The molecule has 1 saturated heterocycles. The van der Waals surface area contributed by atoms with E-state index in [-0.39, 0.29) is 0 Å². The van der Waals surface area contributed by atoms with Gasteiger partial charge in [0.1, 0.15) is 5.82 Å². The van der Waals surface area contributed by atoms with E-state index in [0.29, 0.717) is 6.04 Å². The third-order valence-electron chi connectivity index (χ3n) is 4.76. The van der Waals surface area contributed by atoms with Crippen molar-refractivity contribution < 1.29 is 0 Å². The molecule has 0 spiro atoms. The van der Waals surface area contributed by atoms with Gasteiger partial charge >= 0.3 is 0 Å². The van der Waals surface area contributed by atoms with E-state index >= 15 is 0 Å². The molecule has 120 valence electrons. The molecular formula is C17H27N5. The number of hydrogen-bond donors (Lipinski definition) is 0. The predicted octanol–water partition coefficient (Wildman–Crippen LogP) is 2.85. The number of aromatic nitrogens is 4. The molecule has 2 aromatic heterocycles. The minimum atomic E-state index is 0.669. The van der Waals surface area contributed by atoms with Gasteiger partial charge in [0.05, 0.1) is 5.69 Å². The monoisotopic (exact) mass is 301 g/mol. The molecule has 1 atom stereocenters. The topological polar surface area (TPSA) is 38.9 Å². The highest BCUT2D eigenvalue weighted by molar-refractivity contribution is 5.00. The van der Waals surface area contributed by atoms with Crippen LogP contribution < -0.4 is 0 Å². The molecule has 2 aromatic rings. The van der Waals surface area contributed by atoms with Crippen molar-refractivity contribution in [2.45, 2.75) is 65.2 Å². The summed E-state index contributed by atoms with van der Waals surface area (Å²) in [6.07, 6.45) is 11.2. The fourth-order valence-electron chi connectivity index (χ4n) is 3.40. The van der Waals surface area contributed by atoms with Gasteiger partial charge in [0, 0.05) is 44.3 Å². The van der Waals surface area contributed by atoms with Crippen molar-refractivity contribution >= 4 is 0 Å². The lowest BCUT2D eigenvalue weighted by molar-refractivity contribution is 0.126. The van der Waals surface area contributed by atoms with Crippen LogP contribution in [0, 0.1) is 6.92 Å². The Labute approximate surface area is 133 Å². The molecule has 3 rings (SSSR count). The Hall–Kier alpha value is -1.62. The van der Waals surface area contributed by atoms with Crippen molar-refractivity contribution in [1.82, 2.24) is 24.2 Å². The second-order valence-electron chi connectivity index (χ2n) is 6.24. The molecule has 1 fully saturated rings. The highest BCUT2D eigenvalue weighted by atomic mass is 15.3. The van der Waals surface area contributed by atoms with Crippen LogP contribution in [0.4, 0.5) is 0 Å². The van der Waals surface area contributed by atoms with Crippen molar-refractivity contribution in [2.75, 3.05) is 6.54 Å². The summed E-state index contributed by atoms with van der Waals surface area (Å²) in [6, 6.07) is 2.83. The fraction of sp³-hybridized carbons (Fsp3) is 0.647. The van der Waals surface area contributed by atoms with E-state index in [1.165, 1.54) is 37.9 Å². The smallest absolute Gasteiger partial charge is 0.105 e. The minimum Gasteiger partial charge on any atom is -0.335 e. The first-order chi connectivity index (χ1) is 10.8. The van der Waals surface area contributed by atoms with Crippen LogP contribution in [-0.2, 0) is 19.6 Å². The number of aryl methyl sites for hydroxylation is 3. The van der Waals surface area contributed by atoms with Gasteiger partial charge in [-0.2, -0.15) is 5.10 Å². The maximum absolute atomic E-state index is 4.64. The number of rotatable bonds is 6. The van der Waals surface area contributed by atoms with E-state index in [0.717, 1.165) is 25.5 Å². The largest absolute Gasteiger partial charge is 0.335 e. The summed E-state index contributed by atoms with van der Waals surface area (Å²) in [5, 5.41) is 4.64. The molecule has 0 unspecified atom stereocenters. The Morgan fingerprint density at radius 1 is 1.27 bits per heavy atom. The lowest BCUT2D eigenvalue weighted by Crippen LogP contribution is -2.39. The number of nitrogens with zero attached hydrogens (tertiary/aromatic N) is 5. The zero-order valence-electron chi connectivity index (χ0n) is 13.8. The van der Waals surface area contributed by atoms with Gasteiger partial charge < -0.3 is 4.57 Å². The van der Waals surface area contributed by atoms with Crippen LogP contribution in [0.2, 0.25) is 0 Å². The molecule has 0 amide bonds. The van der Waals surface area contributed by atoms with Crippen LogP contribution in [0.5, 0.6) is 0 Å². The molecule has 0 aliphatic carbocycles. The molecule has 3 heterocycles. The Morgan fingerprint density at radius 3 is 2.91 bits per heavy atom. The SMILES string of the molecule is CCn1ccc(CN2CCCC[C@H]2CCn2ccnc2C)n1. The van der Waals surface area contributed by atoms with Crippen LogP contribution >= 0.6 is 0 Å². The van der Waals surface area contributed by atoms with Crippen LogP contribution in [0.25, 0.3) is 0 Å². The summed E-state index contributed by atoms with van der Waals surface area (Å²) in [4.78, 5) is 6.94. The summed E-state index contributed by atoms with van der Waals surface area (Å²) in [5.41, 5.74) is 1.20. The molecule has 0 radical (unpaired) electrons. The Kier molecular flexibility index (Phi) is 4.93. The van der Waals surface area contributed by atoms with Crippen molar-refractivity contribution in [2.24, 2.45) is 0 Å². The zero-order chi connectivity index (χ0) is 15.4. The van der Waals surface area contributed by atoms with Crippen LogP contribution in [0.3, 0.4) is 0 Å². The maximum Gasteiger partial charge on any atom is 0.105 e. The molecule has 5 heteroatoms. The first-order valence-corrected chi connectivity index (χ1v) is 8.50. The number of imidazole rings is 1. The van der Waals surface area contributed by atoms with E-state index in [1.54, 1.807) is 0 Å². The molecule has 0 bridgehead atoms. The summed E-state index contributed by atoms with van der Waals surface area (Å²) in [6.45, 7) is 8.41. The highest BCUT2D eigenvalue weighted by Crippen LogP contribution is 2.22. The average molecular weight is 301 g/mol. The first kappa shape index (κ1) is 15.3. The van der Waals surface area contributed by atoms with E-state index in [4.69, 9.17) is 0 Å². The number of hydrogen-bond acceptors (Lipinski definition) is 3. The highest BCUT2D eigenvalue weighted by Gasteiger charge is 2.23. The van der Waals surface area contributed by atoms with Crippen molar-refractivity contribution in [1.29, 1.82) is 0 Å². The number of likely N-dealkylation sites (tertiary alicyclic amines) is 1. The molecule has 0 saturated carbocycles. The molecule has 22 heavy (non-hydrogen) atoms. The fourth-order valence-corrected chi connectivity index (χ4v) is 3.40. The lowest BCUT2D eigenvalue weighted by atomic mass is 9.99. The molecular weight excluding hydrogens is 274 g/mol. The third-order valence-corrected chi connectivity index (χ3v) is 4.76. The van der Waals surface area contributed by atoms with Crippen LogP contribution in [0.15, 0.2) is 24.7 Å². The quantitative estimate of drug-likeness (QED) is 0.823. The summed E-state index contributed by atoms with van der Waals surface area (Å²) in [7, 11) is 0. The van der Waals surface area contributed by atoms with Gasteiger partial charge in [0.2, 0.25) is 0 Å². The Bertz CT molecular complexity index is 585. The van der Waals surface area contributed by atoms with E-state index in [9.17, 15) is 0 Å². The van der Waals surface area contributed by atoms with E-state index in [2.05, 4.69) is 51.9 Å². The van der Waals surface area contributed by atoms with Gasteiger partial charge in [0.15, 0.2) is 0 Å². The third kappa shape index (κ3) is 3.58. The van der Waals surface area contributed by atoms with Crippen LogP contribution in [-0.4, -0.2) is 36.8 Å². The second kappa shape index (κ2) is 7.09. The summed E-state index contributed by atoms with van der Waals surface area (Å²) in [5.74, 6) is 1.11. The summed E-state index contributed by atoms with van der Waals surface area (Å²) >= 11 is 0. The van der Waals surface area contributed by atoms with Gasteiger partial charge in [0.25, 0.3) is 0 Å². The standard InChI is InChI=1S/C17H27N5/c1-3-22-12-7-16(19-22)14-21-10-5-4-6-17(21)8-11-20-13-9-18-15(20)2/h7,9,12-13,17H,3-6,8,10-11,14H2,1-2H3/t17-/m0/s1. The van der Waals surface area contributed by atoms with Gasteiger partial charge in [-0.05, 0) is 45.7 Å². The molecule has 1 aliphatic heterocycles. The molecule has 5 nitrogen and oxygen atoms in total. The molecule has 0 aromatic carbocycles. The Morgan fingerprint density at radius 2 is 2.18 bits per heavy atom. The zero-order valence-corrected chi connectivity index (χ0v) is 13.8. The van der Waals surface area contributed by atoms with E-state index in [1.807, 2.05) is 10.9 Å². The maximum atomic E-state index is 4.64. The van der Waals surface area contributed by atoms with Crippen molar-refractivity contribution in [3.63, 3.8) is 0 Å². The van der Waals surface area contributed by atoms with Crippen molar-refractivity contribution in [3.05, 3.63) is 36.2 Å². The molecule has 1 aliphatic rings. The second-order valence-corrected chi connectivity index (χ2v) is 6.24. The normalized spacial score (nSPS) is 19.6. The van der Waals surface area contributed by atoms with Gasteiger partial charge in [-0.1, -0.05) is 6.42 Å². The Balaban J connectivity index is 1.59. The minimum absolute atomic E-state index is 0.669. The summed E-state index contributed by atoms with van der Waals surface area (Å²) < 4.78 is 4.28. The first-order valence-electron chi connectivity index (χ1n) is 8.50. The van der Waals surface area contributed by atoms with Crippen LogP contribution in [0.1, 0.15) is 44.1 Å². The lowest BCUT2D eigenvalue weighted by Gasteiger charge is -2.35. The predicted molar refractivity (Wildman–Crippen MR) is 87.5 cm³/mol. The van der Waals surface area contributed by atoms with E-state index < -0.39 is 0 Å². The molecule has 0 N–H and O–H groups in total. The average Bonchev–Trinajstić information content (AvgIpc) is 3.15. The van der Waals surface area contributed by atoms with Crippen molar-refractivity contribution in [3.8, 4) is 0 Å². The van der Waals surface area contributed by atoms with Gasteiger partial charge in [-0.3, -0.25) is 9.58 Å².